The van der Waals surface area contributed by atoms with Crippen LogP contribution in [0.4, 0.5) is 0 Å². The average molecular weight is 330 g/mol. The number of nitrogens with zero attached hydrogens (tertiary/aromatic N) is 1. The van der Waals surface area contributed by atoms with E-state index < -0.39 is 0 Å². The minimum atomic E-state index is -0.192. The van der Waals surface area contributed by atoms with Gasteiger partial charge in [0.25, 0.3) is 0 Å². The van der Waals surface area contributed by atoms with Crippen molar-refractivity contribution in [2.75, 3.05) is 13.1 Å². The van der Waals surface area contributed by atoms with Crippen LogP contribution >= 0.6 is 11.6 Å². The number of aromatic hydroxyl groups is 1. The average Bonchev–Trinajstić information content (AvgIpc) is 3.10. The highest BCUT2D eigenvalue weighted by atomic mass is 35.5. The first-order valence-corrected chi connectivity index (χ1v) is 8.34. The molecule has 3 rings (SSSR count). The highest BCUT2D eigenvalue weighted by Gasteiger charge is 2.25. The molecule has 0 radical (unpaired) electrons. The highest BCUT2D eigenvalue weighted by molar-refractivity contribution is 6.30. The summed E-state index contributed by atoms with van der Waals surface area (Å²) in [5.41, 5.74) is 1.72. The normalized spacial score (nSPS) is 15.6. The van der Waals surface area contributed by atoms with Gasteiger partial charge >= 0.3 is 0 Å². The molecular weight excluding hydrogens is 310 g/mol. The lowest BCUT2D eigenvalue weighted by molar-refractivity contribution is -0.130. The molecule has 1 amide bonds. The van der Waals surface area contributed by atoms with Gasteiger partial charge in [0.2, 0.25) is 5.91 Å². The van der Waals surface area contributed by atoms with E-state index in [9.17, 15) is 9.90 Å². The first kappa shape index (κ1) is 15.9. The third-order valence-electron chi connectivity index (χ3n) is 4.40. The molecule has 2 aromatic rings. The first-order valence-electron chi connectivity index (χ1n) is 7.96. The lowest BCUT2D eigenvalue weighted by Gasteiger charge is -2.22. The SMILES string of the molecule is O=C(C[C@@H](c1ccccc1)c1cc(Cl)ccc1O)N1CCCC1. The van der Waals surface area contributed by atoms with Gasteiger partial charge in [0.05, 0.1) is 0 Å². The van der Waals surface area contributed by atoms with Crippen LogP contribution in [0.3, 0.4) is 0 Å². The molecule has 4 heteroatoms. The molecular formula is C19H20ClNO2. The van der Waals surface area contributed by atoms with E-state index >= 15 is 0 Å². The van der Waals surface area contributed by atoms with Crippen molar-refractivity contribution in [2.24, 2.45) is 0 Å². The maximum absolute atomic E-state index is 12.6. The number of hydrogen-bond donors (Lipinski definition) is 1. The van der Waals surface area contributed by atoms with Gasteiger partial charge in [0.1, 0.15) is 5.75 Å². The van der Waals surface area contributed by atoms with Crippen molar-refractivity contribution >= 4 is 17.5 Å². The molecule has 1 atom stereocenters. The minimum Gasteiger partial charge on any atom is -0.508 e. The molecule has 1 N–H and O–H groups in total. The van der Waals surface area contributed by atoms with Gasteiger partial charge in [0.15, 0.2) is 0 Å². The van der Waals surface area contributed by atoms with Gasteiger partial charge in [0, 0.05) is 36.0 Å². The van der Waals surface area contributed by atoms with Gasteiger partial charge in [-0.2, -0.15) is 0 Å². The van der Waals surface area contributed by atoms with Crippen LogP contribution in [0.15, 0.2) is 48.5 Å². The van der Waals surface area contributed by atoms with Gasteiger partial charge in [-0.15, -0.1) is 0 Å². The molecule has 1 aliphatic rings. The summed E-state index contributed by atoms with van der Waals surface area (Å²) < 4.78 is 0. The van der Waals surface area contributed by atoms with Gasteiger partial charge in [-0.25, -0.2) is 0 Å². The lowest BCUT2D eigenvalue weighted by Crippen LogP contribution is -2.29. The van der Waals surface area contributed by atoms with Crippen molar-refractivity contribution in [3.63, 3.8) is 0 Å². The number of phenols is 1. The number of carbonyl (C=O) groups is 1. The molecule has 1 fully saturated rings. The van der Waals surface area contributed by atoms with E-state index in [1.165, 1.54) is 0 Å². The molecule has 0 aliphatic carbocycles. The molecule has 23 heavy (non-hydrogen) atoms. The van der Waals surface area contributed by atoms with Crippen molar-refractivity contribution < 1.29 is 9.90 Å². The van der Waals surface area contributed by atoms with Gasteiger partial charge < -0.3 is 10.0 Å². The number of likely N-dealkylation sites (tertiary alicyclic amines) is 1. The Balaban J connectivity index is 1.93. The zero-order valence-corrected chi connectivity index (χ0v) is 13.7. The highest BCUT2D eigenvalue weighted by Crippen LogP contribution is 2.36. The Morgan fingerprint density at radius 2 is 1.83 bits per heavy atom. The second-order valence-electron chi connectivity index (χ2n) is 5.96. The van der Waals surface area contributed by atoms with Crippen molar-refractivity contribution in [3.8, 4) is 5.75 Å². The standard InChI is InChI=1S/C19H20ClNO2/c20-15-8-9-18(22)17(12-15)16(14-6-2-1-3-7-14)13-19(23)21-10-4-5-11-21/h1-3,6-9,12,16,22H,4-5,10-11,13H2/t16-/m0/s1. The van der Waals surface area contributed by atoms with E-state index in [0.717, 1.165) is 31.5 Å². The molecule has 1 aliphatic heterocycles. The molecule has 0 spiro atoms. The van der Waals surface area contributed by atoms with E-state index in [-0.39, 0.29) is 17.6 Å². The van der Waals surface area contributed by atoms with Crippen molar-refractivity contribution in [2.45, 2.75) is 25.2 Å². The maximum atomic E-state index is 12.6. The monoisotopic (exact) mass is 329 g/mol. The third-order valence-corrected chi connectivity index (χ3v) is 4.64. The lowest BCUT2D eigenvalue weighted by atomic mass is 9.87. The van der Waals surface area contributed by atoms with Gasteiger partial charge in [-0.3, -0.25) is 4.79 Å². The fourth-order valence-corrected chi connectivity index (χ4v) is 3.35. The Labute approximate surface area is 141 Å². The summed E-state index contributed by atoms with van der Waals surface area (Å²) in [6.45, 7) is 1.67. The van der Waals surface area contributed by atoms with Crippen LogP contribution in [0.2, 0.25) is 5.02 Å². The molecule has 0 bridgehead atoms. The predicted octanol–water partition coefficient (Wildman–Crippen LogP) is 4.19. The van der Waals surface area contributed by atoms with Crippen LogP contribution in [0.5, 0.6) is 5.75 Å². The van der Waals surface area contributed by atoms with Crippen LogP contribution < -0.4 is 0 Å². The van der Waals surface area contributed by atoms with Crippen LogP contribution in [-0.2, 0) is 4.79 Å². The van der Waals surface area contributed by atoms with E-state index in [1.807, 2.05) is 35.2 Å². The number of rotatable bonds is 4. The summed E-state index contributed by atoms with van der Waals surface area (Å²) >= 11 is 6.11. The van der Waals surface area contributed by atoms with Gasteiger partial charge in [-0.1, -0.05) is 41.9 Å². The van der Waals surface area contributed by atoms with Crippen LogP contribution in [0.1, 0.15) is 36.3 Å². The fourth-order valence-electron chi connectivity index (χ4n) is 3.17. The summed E-state index contributed by atoms with van der Waals surface area (Å²) in [7, 11) is 0. The van der Waals surface area contributed by atoms with Crippen molar-refractivity contribution in [1.29, 1.82) is 0 Å². The van der Waals surface area contributed by atoms with E-state index in [4.69, 9.17) is 11.6 Å². The molecule has 0 saturated carbocycles. The quantitative estimate of drug-likeness (QED) is 0.913. The summed E-state index contributed by atoms with van der Waals surface area (Å²) in [4.78, 5) is 14.5. The maximum Gasteiger partial charge on any atom is 0.223 e. The molecule has 2 aromatic carbocycles. The number of halogens is 1. The second-order valence-corrected chi connectivity index (χ2v) is 6.39. The largest absolute Gasteiger partial charge is 0.508 e. The fraction of sp³-hybridized carbons (Fsp3) is 0.316. The Hall–Kier alpha value is -2.00. The van der Waals surface area contributed by atoms with Gasteiger partial charge in [-0.05, 0) is 36.6 Å². The summed E-state index contributed by atoms with van der Waals surface area (Å²) in [5.74, 6) is 0.121. The second kappa shape index (κ2) is 7.05. The number of hydrogen-bond acceptors (Lipinski definition) is 2. The van der Waals surface area contributed by atoms with Crippen LogP contribution in [0.25, 0.3) is 0 Å². The number of carbonyl (C=O) groups excluding carboxylic acids is 1. The summed E-state index contributed by atoms with van der Waals surface area (Å²) in [6, 6.07) is 14.8. The zero-order chi connectivity index (χ0) is 16.2. The summed E-state index contributed by atoms with van der Waals surface area (Å²) in [5, 5.41) is 10.8. The van der Waals surface area contributed by atoms with Crippen LogP contribution in [0, 0.1) is 0 Å². The number of amides is 1. The molecule has 120 valence electrons. The van der Waals surface area contributed by atoms with Crippen molar-refractivity contribution in [1.82, 2.24) is 4.90 Å². The predicted molar refractivity (Wildman–Crippen MR) is 91.8 cm³/mol. The molecule has 1 heterocycles. The topological polar surface area (TPSA) is 40.5 Å². The zero-order valence-electron chi connectivity index (χ0n) is 12.9. The molecule has 1 saturated heterocycles. The van der Waals surface area contributed by atoms with E-state index in [2.05, 4.69) is 0 Å². The van der Waals surface area contributed by atoms with E-state index in [1.54, 1.807) is 18.2 Å². The Morgan fingerprint density at radius 1 is 1.13 bits per heavy atom. The number of benzene rings is 2. The van der Waals surface area contributed by atoms with Crippen molar-refractivity contribution in [3.05, 3.63) is 64.7 Å². The Morgan fingerprint density at radius 3 is 2.52 bits per heavy atom. The van der Waals surface area contributed by atoms with E-state index in [0.29, 0.717) is 17.0 Å². The molecule has 0 unspecified atom stereocenters. The Kier molecular flexibility index (Phi) is 4.87. The third kappa shape index (κ3) is 3.67. The molecule has 0 aromatic heterocycles. The first-order chi connectivity index (χ1) is 11.1. The summed E-state index contributed by atoms with van der Waals surface area (Å²) in [6.07, 6.45) is 2.49. The Bertz CT molecular complexity index is 681. The number of phenolic OH excluding ortho intramolecular Hbond substituents is 1. The minimum absolute atomic E-state index is 0.135. The van der Waals surface area contributed by atoms with Crippen LogP contribution in [-0.4, -0.2) is 29.0 Å². The molecule has 3 nitrogen and oxygen atoms in total. The smallest absolute Gasteiger partial charge is 0.223 e.